The fraction of sp³-hybridized carbons (Fsp3) is 0.571. The van der Waals surface area contributed by atoms with Crippen molar-refractivity contribution in [1.29, 1.82) is 0 Å². The number of nitrogens with one attached hydrogen (secondary N) is 1. The highest BCUT2D eigenvalue weighted by atomic mass is 32.2. The van der Waals surface area contributed by atoms with Gasteiger partial charge in [-0.2, -0.15) is 0 Å². The van der Waals surface area contributed by atoms with E-state index in [2.05, 4.69) is 4.72 Å². The monoisotopic (exact) mass is 319 g/mol. The minimum Gasteiger partial charge on any atom is -0.391 e. The van der Waals surface area contributed by atoms with Gasteiger partial charge in [0.25, 0.3) is 0 Å². The summed E-state index contributed by atoms with van der Waals surface area (Å²) in [4.78, 5) is 0. The van der Waals surface area contributed by atoms with E-state index >= 15 is 0 Å². The Kier molecular flexibility index (Phi) is 5.29. The van der Waals surface area contributed by atoms with Gasteiger partial charge in [0.2, 0.25) is 10.0 Å². The molecule has 0 saturated heterocycles. The Morgan fingerprint density at radius 1 is 1.24 bits per heavy atom. The predicted molar refractivity (Wildman–Crippen MR) is 74.9 cm³/mol. The highest BCUT2D eigenvalue weighted by molar-refractivity contribution is 7.88. The molecule has 0 radical (unpaired) electrons. The van der Waals surface area contributed by atoms with Gasteiger partial charge in [0, 0.05) is 12.1 Å². The third-order valence-corrected chi connectivity index (χ3v) is 5.13. The molecule has 21 heavy (non-hydrogen) atoms. The molecule has 1 saturated carbocycles. The van der Waals surface area contributed by atoms with Crippen LogP contribution in [-0.4, -0.2) is 26.2 Å². The highest BCUT2D eigenvalue weighted by Gasteiger charge is 2.25. The van der Waals surface area contributed by atoms with Gasteiger partial charge in [-0.3, -0.25) is 0 Å². The van der Waals surface area contributed by atoms with Gasteiger partial charge in [0.1, 0.15) is 11.6 Å². The molecule has 1 aromatic carbocycles. The van der Waals surface area contributed by atoms with Crippen molar-refractivity contribution in [3.8, 4) is 0 Å². The van der Waals surface area contributed by atoms with Crippen LogP contribution in [0.1, 0.15) is 31.2 Å². The van der Waals surface area contributed by atoms with Crippen molar-refractivity contribution in [3.63, 3.8) is 0 Å². The second-order valence-corrected chi connectivity index (χ2v) is 7.23. The average Bonchev–Trinajstić information content (AvgIpc) is 2.95. The fourth-order valence-corrected chi connectivity index (χ4v) is 3.82. The van der Waals surface area contributed by atoms with Crippen LogP contribution in [0.4, 0.5) is 8.78 Å². The Morgan fingerprint density at radius 3 is 2.38 bits per heavy atom. The first kappa shape index (κ1) is 16.3. The van der Waals surface area contributed by atoms with Crippen LogP contribution in [0.3, 0.4) is 0 Å². The average molecular weight is 319 g/mol. The summed E-state index contributed by atoms with van der Waals surface area (Å²) < 4.78 is 52.9. The lowest BCUT2D eigenvalue weighted by Gasteiger charge is -2.18. The first-order valence-corrected chi connectivity index (χ1v) is 8.62. The number of benzene rings is 1. The van der Waals surface area contributed by atoms with E-state index in [1.54, 1.807) is 0 Å². The molecule has 2 N–H and O–H groups in total. The summed E-state index contributed by atoms with van der Waals surface area (Å²) in [5.41, 5.74) is -0.486. The van der Waals surface area contributed by atoms with E-state index in [1.807, 2.05) is 0 Å². The number of hydrogen-bond acceptors (Lipinski definition) is 3. The molecule has 0 aliphatic heterocycles. The molecule has 1 unspecified atom stereocenters. The first-order chi connectivity index (χ1) is 9.89. The largest absolute Gasteiger partial charge is 0.391 e. The minimum atomic E-state index is -3.89. The standard InChI is InChI=1S/C14H19F2NO3S/c15-12-6-3-7-13(16)11(12)9-21(19,20)17-8-14(18)10-4-1-2-5-10/h3,6-7,10,14,17-18H,1-2,4-5,8-9H2. The molecule has 0 aromatic heterocycles. The molecule has 0 spiro atoms. The first-order valence-electron chi connectivity index (χ1n) is 6.97. The number of hydrogen-bond donors (Lipinski definition) is 2. The lowest BCUT2D eigenvalue weighted by atomic mass is 10.0. The second kappa shape index (κ2) is 6.81. The van der Waals surface area contributed by atoms with Crippen molar-refractivity contribution in [2.24, 2.45) is 5.92 Å². The van der Waals surface area contributed by atoms with Gasteiger partial charge in [-0.15, -0.1) is 0 Å². The SMILES string of the molecule is O=S(=O)(Cc1c(F)cccc1F)NCC(O)C1CCCC1. The van der Waals surface area contributed by atoms with Crippen molar-refractivity contribution < 1.29 is 22.3 Å². The molecule has 1 aliphatic carbocycles. The van der Waals surface area contributed by atoms with Crippen molar-refractivity contribution >= 4 is 10.0 Å². The summed E-state index contributed by atoms with van der Waals surface area (Å²) in [6.45, 7) is -0.122. The van der Waals surface area contributed by atoms with E-state index in [4.69, 9.17) is 0 Å². The van der Waals surface area contributed by atoms with E-state index < -0.39 is 39.1 Å². The van der Waals surface area contributed by atoms with Crippen LogP contribution in [0.5, 0.6) is 0 Å². The smallest absolute Gasteiger partial charge is 0.216 e. The van der Waals surface area contributed by atoms with E-state index in [0.29, 0.717) is 0 Å². The minimum absolute atomic E-state index is 0.0953. The zero-order valence-electron chi connectivity index (χ0n) is 11.6. The summed E-state index contributed by atoms with van der Waals surface area (Å²) in [6, 6.07) is 3.21. The van der Waals surface area contributed by atoms with Crippen molar-refractivity contribution in [3.05, 3.63) is 35.4 Å². The third kappa shape index (κ3) is 4.46. The van der Waals surface area contributed by atoms with Crippen LogP contribution in [-0.2, 0) is 15.8 Å². The van der Waals surface area contributed by atoms with E-state index in [9.17, 15) is 22.3 Å². The van der Waals surface area contributed by atoms with Crippen LogP contribution >= 0.6 is 0 Å². The van der Waals surface area contributed by atoms with Gasteiger partial charge in [0.15, 0.2) is 0 Å². The molecule has 2 rings (SSSR count). The molecule has 4 nitrogen and oxygen atoms in total. The summed E-state index contributed by atoms with van der Waals surface area (Å²) in [5, 5.41) is 9.91. The lowest BCUT2D eigenvalue weighted by Crippen LogP contribution is -2.36. The highest BCUT2D eigenvalue weighted by Crippen LogP contribution is 2.27. The van der Waals surface area contributed by atoms with Crippen LogP contribution in [0.25, 0.3) is 0 Å². The third-order valence-electron chi connectivity index (χ3n) is 3.85. The van der Waals surface area contributed by atoms with Crippen LogP contribution in [0.15, 0.2) is 18.2 Å². The van der Waals surface area contributed by atoms with Crippen LogP contribution in [0, 0.1) is 17.6 Å². The van der Waals surface area contributed by atoms with Crippen LogP contribution < -0.4 is 4.72 Å². The number of aliphatic hydroxyl groups is 1. The molecule has 0 heterocycles. The Bertz CT molecular complexity index is 566. The van der Waals surface area contributed by atoms with E-state index in [1.165, 1.54) is 6.07 Å². The maximum atomic E-state index is 13.4. The quantitative estimate of drug-likeness (QED) is 0.842. The summed E-state index contributed by atoms with van der Waals surface area (Å²) in [7, 11) is -3.89. The van der Waals surface area contributed by atoms with Gasteiger partial charge >= 0.3 is 0 Å². The summed E-state index contributed by atoms with van der Waals surface area (Å²) in [5.74, 6) is -2.46. The van der Waals surface area contributed by atoms with Gasteiger partial charge < -0.3 is 5.11 Å². The molecule has 1 atom stereocenters. The Labute approximate surface area is 123 Å². The van der Waals surface area contributed by atoms with Gasteiger partial charge in [0.05, 0.1) is 11.9 Å². The maximum absolute atomic E-state index is 13.4. The molecule has 1 aromatic rings. The molecular formula is C14H19F2NO3S. The number of aliphatic hydroxyl groups excluding tert-OH is 1. The molecule has 118 valence electrons. The second-order valence-electron chi connectivity index (χ2n) is 5.42. The van der Waals surface area contributed by atoms with Crippen molar-refractivity contribution in [1.82, 2.24) is 4.72 Å². The molecule has 7 heteroatoms. The zero-order valence-corrected chi connectivity index (χ0v) is 12.4. The topological polar surface area (TPSA) is 66.4 Å². The Hall–Kier alpha value is -1.05. The number of sulfonamides is 1. The Morgan fingerprint density at radius 2 is 1.81 bits per heavy atom. The molecule has 1 fully saturated rings. The van der Waals surface area contributed by atoms with Crippen molar-refractivity contribution in [2.45, 2.75) is 37.5 Å². The van der Waals surface area contributed by atoms with Crippen molar-refractivity contribution in [2.75, 3.05) is 6.54 Å². The van der Waals surface area contributed by atoms with Gasteiger partial charge in [-0.1, -0.05) is 18.9 Å². The molecular weight excluding hydrogens is 300 g/mol. The molecule has 0 amide bonds. The zero-order chi connectivity index (χ0) is 15.5. The van der Waals surface area contributed by atoms with E-state index in [0.717, 1.165) is 37.8 Å². The van der Waals surface area contributed by atoms with E-state index in [-0.39, 0.29) is 12.5 Å². The van der Waals surface area contributed by atoms with Gasteiger partial charge in [-0.05, 0) is 30.9 Å². The Balaban J connectivity index is 1.95. The maximum Gasteiger partial charge on any atom is 0.216 e. The lowest BCUT2D eigenvalue weighted by molar-refractivity contribution is 0.115. The fourth-order valence-electron chi connectivity index (χ4n) is 2.63. The summed E-state index contributed by atoms with van der Waals surface area (Å²) >= 11 is 0. The summed E-state index contributed by atoms with van der Waals surface area (Å²) in [6.07, 6.45) is 3.08. The molecule has 0 bridgehead atoms. The number of halogens is 2. The molecule has 1 aliphatic rings. The van der Waals surface area contributed by atoms with Crippen LogP contribution in [0.2, 0.25) is 0 Å². The predicted octanol–water partition coefficient (Wildman–Crippen LogP) is 1.94. The number of rotatable bonds is 6. The van der Waals surface area contributed by atoms with Gasteiger partial charge in [-0.25, -0.2) is 21.9 Å². The normalized spacial score (nSPS) is 18.0.